The van der Waals surface area contributed by atoms with E-state index in [1.165, 1.54) is 17.2 Å². The quantitative estimate of drug-likeness (QED) is 0.940. The third-order valence-electron chi connectivity index (χ3n) is 3.94. The van der Waals surface area contributed by atoms with Gasteiger partial charge >= 0.3 is 6.18 Å². The SMILES string of the molecule is FC(F)(F)c1ccc(CNC2CCCc3ccncc32)nc1. The van der Waals surface area contributed by atoms with Crippen LogP contribution in [0, 0.1) is 0 Å². The summed E-state index contributed by atoms with van der Waals surface area (Å²) in [5.74, 6) is 0. The first-order valence-electron chi connectivity index (χ1n) is 7.22. The third-order valence-corrected chi connectivity index (χ3v) is 3.94. The second-order valence-corrected chi connectivity index (χ2v) is 5.44. The lowest BCUT2D eigenvalue weighted by Gasteiger charge is -2.25. The van der Waals surface area contributed by atoms with Gasteiger partial charge in [-0.2, -0.15) is 13.2 Å². The second-order valence-electron chi connectivity index (χ2n) is 5.44. The van der Waals surface area contributed by atoms with Gasteiger partial charge in [0.1, 0.15) is 0 Å². The van der Waals surface area contributed by atoms with Gasteiger partial charge in [-0.3, -0.25) is 9.97 Å². The summed E-state index contributed by atoms with van der Waals surface area (Å²) in [6, 6.07) is 4.70. The van der Waals surface area contributed by atoms with Crippen LogP contribution in [0.3, 0.4) is 0 Å². The zero-order valence-corrected chi connectivity index (χ0v) is 11.9. The van der Waals surface area contributed by atoms with E-state index >= 15 is 0 Å². The fraction of sp³-hybridized carbons (Fsp3) is 0.375. The van der Waals surface area contributed by atoms with Gasteiger partial charge in [0.25, 0.3) is 0 Å². The van der Waals surface area contributed by atoms with Crippen LogP contribution in [0.1, 0.15) is 41.3 Å². The Morgan fingerprint density at radius 3 is 2.77 bits per heavy atom. The van der Waals surface area contributed by atoms with Crippen molar-refractivity contribution in [1.82, 2.24) is 15.3 Å². The molecule has 0 aromatic carbocycles. The Bertz CT molecular complexity index is 638. The van der Waals surface area contributed by atoms with E-state index in [0.29, 0.717) is 12.2 Å². The van der Waals surface area contributed by atoms with E-state index in [1.54, 1.807) is 6.20 Å². The molecule has 0 saturated heterocycles. The maximum Gasteiger partial charge on any atom is 0.417 e. The smallest absolute Gasteiger partial charge is 0.304 e. The van der Waals surface area contributed by atoms with Crippen LogP contribution in [0.4, 0.5) is 13.2 Å². The van der Waals surface area contributed by atoms with Crippen LogP contribution in [0.5, 0.6) is 0 Å². The molecule has 2 heterocycles. The Balaban J connectivity index is 1.66. The van der Waals surface area contributed by atoms with Crippen LogP contribution in [-0.2, 0) is 19.1 Å². The molecule has 0 bridgehead atoms. The lowest BCUT2D eigenvalue weighted by atomic mass is 9.89. The zero-order chi connectivity index (χ0) is 15.6. The molecule has 2 aromatic rings. The fourth-order valence-electron chi connectivity index (χ4n) is 2.77. The number of nitrogens with one attached hydrogen (secondary N) is 1. The Morgan fingerprint density at radius 2 is 2.05 bits per heavy atom. The summed E-state index contributed by atoms with van der Waals surface area (Å²) < 4.78 is 37.5. The topological polar surface area (TPSA) is 37.8 Å². The van der Waals surface area contributed by atoms with Crippen molar-refractivity contribution < 1.29 is 13.2 Å². The van der Waals surface area contributed by atoms with E-state index in [2.05, 4.69) is 15.3 Å². The summed E-state index contributed by atoms with van der Waals surface area (Å²) in [6.45, 7) is 0.442. The first-order valence-corrected chi connectivity index (χ1v) is 7.22. The number of pyridine rings is 2. The van der Waals surface area contributed by atoms with E-state index in [9.17, 15) is 13.2 Å². The van der Waals surface area contributed by atoms with Crippen molar-refractivity contribution in [3.8, 4) is 0 Å². The normalized spacial score (nSPS) is 18.0. The minimum absolute atomic E-state index is 0.182. The Hall–Kier alpha value is -1.95. The standard InChI is InChI=1S/C16H16F3N3/c17-16(18,19)12-4-5-13(21-8-12)9-22-15-3-1-2-11-6-7-20-10-14(11)15/h4-8,10,15,22H,1-3,9H2. The minimum Gasteiger partial charge on any atom is -0.304 e. The van der Waals surface area contributed by atoms with E-state index in [-0.39, 0.29) is 6.04 Å². The molecule has 3 nitrogen and oxygen atoms in total. The molecule has 1 atom stereocenters. The predicted octanol–water partition coefficient (Wildman–Crippen LogP) is 3.66. The molecule has 0 saturated carbocycles. The largest absolute Gasteiger partial charge is 0.417 e. The van der Waals surface area contributed by atoms with Crippen LogP contribution in [0.2, 0.25) is 0 Å². The van der Waals surface area contributed by atoms with Crippen molar-refractivity contribution in [2.24, 2.45) is 0 Å². The van der Waals surface area contributed by atoms with Gasteiger partial charge < -0.3 is 5.32 Å². The molecule has 0 spiro atoms. The van der Waals surface area contributed by atoms with Gasteiger partial charge in [0.2, 0.25) is 0 Å². The van der Waals surface area contributed by atoms with Gasteiger partial charge in [0, 0.05) is 31.2 Å². The average Bonchev–Trinajstić information content (AvgIpc) is 2.52. The predicted molar refractivity (Wildman–Crippen MR) is 76.0 cm³/mol. The highest BCUT2D eigenvalue weighted by Gasteiger charge is 2.30. The van der Waals surface area contributed by atoms with Crippen LogP contribution >= 0.6 is 0 Å². The van der Waals surface area contributed by atoms with E-state index in [0.717, 1.165) is 31.5 Å². The molecule has 0 amide bonds. The third kappa shape index (κ3) is 3.27. The number of hydrogen-bond donors (Lipinski definition) is 1. The molecule has 2 aromatic heterocycles. The van der Waals surface area contributed by atoms with Crippen molar-refractivity contribution in [2.75, 3.05) is 0 Å². The summed E-state index contributed by atoms with van der Waals surface area (Å²) in [4.78, 5) is 8.05. The van der Waals surface area contributed by atoms with Crippen molar-refractivity contribution >= 4 is 0 Å². The molecule has 0 aliphatic heterocycles. The fourth-order valence-corrected chi connectivity index (χ4v) is 2.77. The molecule has 0 radical (unpaired) electrons. The Labute approximate surface area is 126 Å². The van der Waals surface area contributed by atoms with Gasteiger partial charge in [-0.25, -0.2) is 0 Å². The van der Waals surface area contributed by atoms with E-state index < -0.39 is 11.7 Å². The number of aromatic nitrogens is 2. The van der Waals surface area contributed by atoms with Gasteiger partial charge in [-0.15, -0.1) is 0 Å². The first-order chi connectivity index (χ1) is 10.5. The maximum absolute atomic E-state index is 12.5. The molecule has 0 fully saturated rings. The molecular formula is C16H16F3N3. The van der Waals surface area contributed by atoms with Crippen molar-refractivity contribution in [2.45, 2.75) is 38.0 Å². The molecular weight excluding hydrogens is 291 g/mol. The highest BCUT2D eigenvalue weighted by molar-refractivity contribution is 5.29. The van der Waals surface area contributed by atoms with Gasteiger partial charge in [0.05, 0.1) is 11.3 Å². The van der Waals surface area contributed by atoms with Gasteiger partial charge in [-0.05, 0) is 48.6 Å². The van der Waals surface area contributed by atoms with Crippen LogP contribution in [0.15, 0.2) is 36.8 Å². The number of hydrogen-bond acceptors (Lipinski definition) is 3. The summed E-state index contributed by atoms with van der Waals surface area (Å²) in [5, 5.41) is 3.37. The van der Waals surface area contributed by atoms with Crippen LogP contribution in [0.25, 0.3) is 0 Å². The molecule has 3 rings (SSSR count). The van der Waals surface area contributed by atoms with Crippen molar-refractivity contribution in [3.63, 3.8) is 0 Å². The summed E-state index contributed by atoms with van der Waals surface area (Å²) >= 11 is 0. The number of halogens is 3. The van der Waals surface area contributed by atoms with Crippen LogP contribution < -0.4 is 5.32 Å². The maximum atomic E-state index is 12.5. The Kier molecular flexibility index (Phi) is 4.11. The Morgan fingerprint density at radius 1 is 1.18 bits per heavy atom. The summed E-state index contributed by atoms with van der Waals surface area (Å²) in [6.07, 6.45) is 3.34. The zero-order valence-electron chi connectivity index (χ0n) is 11.9. The highest BCUT2D eigenvalue weighted by atomic mass is 19.4. The number of rotatable bonds is 3. The lowest BCUT2D eigenvalue weighted by molar-refractivity contribution is -0.137. The first kappa shape index (κ1) is 15.0. The van der Waals surface area contributed by atoms with Crippen LogP contribution in [-0.4, -0.2) is 9.97 Å². The number of alkyl halides is 3. The van der Waals surface area contributed by atoms with Gasteiger partial charge in [0.15, 0.2) is 0 Å². The summed E-state index contributed by atoms with van der Waals surface area (Å²) in [5.41, 5.74) is 2.35. The van der Waals surface area contributed by atoms with E-state index in [4.69, 9.17) is 0 Å². The molecule has 22 heavy (non-hydrogen) atoms. The average molecular weight is 307 g/mol. The molecule has 1 unspecified atom stereocenters. The molecule has 1 aliphatic rings. The molecule has 116 valence electrons. The van der Waals surface area contributed by atoms with Crippen molar-refractivity contribution in [1.29, 1.82) is 0 Å². The molecule has 1 N–H and O–H groups in total. The number of aryl methyl sites for hydroxylation is 1. The monoisotopic (exact) mass is 307 g/mol. The minimum atomic E-state index is -4.34. The number of nitrogens with zero attached hydrogens (tertiary/aromatic N) is 2. The molecule has 6 heteroatoms. The lowest BCUT2D eigenvalue weighted by Crippen LogP contribution is -2.25. The van der Waals surface area contributed by atoms with Gasteiger partial charge in [-0.1, -0.05) is 0 Å². The van der Waals surface area contributed by atoms with E-state index in [1.807, 2.05) is 12.3 Å². The molecule has 1 aliphatic carbocycles. The highest BCUT2D eigenvalue weighted by Crippen LogP contribution is 2.30. The second kappa shape index (κ2) is 6.04. The van der Waals surface area contributed by atoms with Crippen molar-refractivity contribution in [3.05, 3.63) is 59.2 Å². The number of fused-ring (bicyclic) bond motifs is 1. The summed E-state index contributed by atoms with van der Waals surface area (Å²) in [7, 11) is 0.